The Kier molecular flexibility index (Phi) is 3.67. The molecule has 0 amide bonds. The van der Waals surface area contributed by atoms with E-state index in [-0.39, 0.29) is 11.7 Å². The van der Waals surface area contributed by atoms with Gasteiger partial charge in [0, 0.05) is 17.2 Å². The van der Waals surface area contributed by atoms with Crippen LogP contribution in [0.1, 0.15) is 29.8 Å². The van der Waals surface area contributed by atoms with Crippen molar-refractivity contribution in [2.45, 2.75) is 20.8 Å². The maximum atomic E-state index is 12.1. The third kappa shape index (κ3) is 2.72. The number of H-pyrrole nitrogens is 1. The van der Waals surface area contributed by atoms with Gasteiger partial charge in [0.25, 0.3) is 0 Å². The number of hydrogen-bond acceptors (Lipinski definition) is 3. The van der Waals surface area contributed by atoms with E-state index in [0.29, 0.717) is 11.5 Å². The van der Waals surface area contributed by atoms with Crippen molar-refractivity contribution in [3.63, 3.8) is 0 Å². The highest BCUT2D eigenvalue weighted by atomic mass is 16.1. The number of nitrogens with zero attached hydrogens (tertiary/aromatic N) is 1. The maximum Gasteiger partial charge on any atom is 0.205 e. The Balaban J connectivity index is 1.90. The average molecular weight is 293 g/mol. The molecule has 0 aliphatic carbocycles. The number of carbonyl (C=O) groups excluding carboxylic acids is 1. The van der Waals surface area contributed by atoms with E-state index in [2.05, 4.69) is 15.3 Å². The van der Waals surface area contributed by atoms with Gasteiger partial charge in [-0.1, -0.05) is 38.1 Å². The zero-order valence-corrected chi connectivity index (χ0v) is 13.0. The molecule has 0 radical (unpaired) electrons. The van der Waals surface area contributed by atoms with E-state index in [1.54, 1.807) is 0 Å². The molecular formula is C18H19N3O. The minimum atomic E-state index is -0.0101. The predicted molar refractivity (Wildman–Crippen MR) is 89.7 cm³/mol. The number of imidazole rings is 1. The summed E-state index contributed by atoms with van der Waals surface area (Å²) in [5.74, 6) is 0.812. The zero-order chi connectivity index (χ0) is 15.7. The number of ketones is 1. The lowest BCUT2D eigenvalue weighted by Gasteiger charge is -2.07. The van der Waals surface area contributed by atoms with Crippen LogP contribution < -0.4 is 5.32 Å². The first-order valence-electron chi connectivity index (χ1n) is 7.41. The van der Waals surface area contributed by atoms with Gasteiger partial charge in [0.15, 0.2) is 5.78 Å². The zero-order valence-electron chi connectivity index (χ0n) is 13.0. The molecule has 0 aliphatic rings. The summed E-state index contributed by atoms with van der Waals surface area (Å²) in [5.41, 5.74) is 4.65. The molecule has 3 aromatic rings. The summed E-state index contributed by atoms with van der Waals surface area (Å²) in [4.78, 5) is 19.9. The topological polar surface area (TPSA) is 57.8 Å². The SMILES string of the molecule is Cc1cccc2[nH]c(Nc3cccc(C(=O)C(C)C)c3)nc12. The number of carbonyl (C=O) groups is 1. The third-order valence-corrected chi connectivity index (χ3v) is 3.65. The number of benzene rings is 2. The molecule has 0 spiro atoms. The van der Waals surface area contributed by atoms with Crippen molar-refractivity contribution in [2.75, 3.05) is 5.32 Å². The molecule has 2 aromatic carbocycles. The van der Waals surface area contributed by atoms with Gasteiger partial charge in [0.05, 0.1) is 11.0 Å². The molecule has 1 aromatic heterocycles. The number of fused-ring (bicyclic) bond motifs is 1. The summed E-state index contributed by atoms with van der Waals surface area (Å²) in [6, 6.07) is 13.6. The monoisotopic (exact) mass is 293 g/mol. The number of Topliss-reactive ketones (excluding diaryl/α,β-unsaturated/α-hetero) is 1. The average Bonchev–Trinajstić information content (AvgIpc) is 2.90. The molecule has 0 atom stereocenters. The highest BCUT2D eigenvalue weighted by Crippen LogP contribution is 2.22. The quantitative estimate of drug-likeness (QED) is 0.698. The van der Waals surface area contributed by atoms with Crippen LogP contribution in [0.25, 0.3) is 11.0 Å². The van der Waals surface area contributed by atoms with Crippen molar-refractivity contribution in [1.29, 1.82) is 0 Å². The molecule has 1 heterocycles. The number of anilines is 2. The highest BCUT2D eigenvalue weighted by Gasteiger charge is 2.11. The first-order valence-corrected chi connectivity index (χ1v) is 7.41. The van der Waals surface area contributed by atoms with Crippen LogP contribution in [0.2, 0.25) is 0 Å². The van der Waals surface area contributed by atoms with Gasteiger partial charge in [-0.2, -0.15) is 0 Å². The van der Waals surface area contributed by atoms with Gasteiger partial charge < -0.3 is 10.3 Å². The van der Waals surface area contributed by atoms with E-state index >= 15 is 0 Å². The molecule has 4 nitrogen and oxygen atoms in total. The minimum Gasteiger partial charge on any atom is -0.326 e. The lowest BCUT2D eigenvalue weighted by molar-refractivity contribution is 0.0939. The maximum absolute atomic E-state index is 12.1. The van der Waals surface area contributed by atoms with Crippen LogP contribution in [0, 0.1) is 12.8 Å². The van der Waals surface area contributed by atoms with Crippen molar-refractivity contribution >= 4 is 28.5 Å². The number of hydrogen-bond donors (Lipinski definition) is 2. The Hall–Kier alpha value is -2.62. The van der Waals surface area contributed by atoms with Crippen LogP contribution in [0.15, 0.2) is 42.5 Å². The van der Waals surface area contributed by atoms with E-state index in [4.69, 9.17) is 0 Å². The Bertz CT molecular complexity index is 833. The van der Waals surface area contributed by atoms with Crippen LogP contribution >= 0.6 is 0 Å². The third-order valence-electron chi connectivity index (χ3n) is 3.65. The molecule has 2 N–H and O–H groups in total. The van der Waals surface area contributed by atoms with E-state index in [1.165, 1.54) is 0 Å². The summed E-state index contributed by atoms with van der Waals surface area (Å²) < 4.78 is 0. The van der Waals surface area contributed by atoms with Crippen LogP contribution in [-0.2, 0) is 0 Å². The van der Waals surface area contributed by atoms with Crippen molar-refractivity contribution < 1.29 is 4.79 Å². The first-order chi connectivity index (χ1) is 10.5. The summed E-state index contributed by atoms with van der Waals surface area (Å²) in [6.07, 6.45) is 0. The van der Waals surface area contributed by atoms with Gasteiger partial charge in [-0.15, -0.1) is 0 Å². The lowest BCUT2D eigenvalue weighted by Crippen LogP contribution is -2.07. The van der Waals surface area contributed by atoms with Crippen molar-refractivity contribution in [3.8, 4) is 0 Å². The number of nitrogens with one attached hydrogen (secondary N) is 2. The molecular weight excluding hydrogens is 274 g/mol. The van der Waals surface area contributed by atoms with Crippen molar-refractivity contribution in [3.05, 3.63) is 53.6 Å². The standard InChI is InChI=1S/C18H19N3O/c1-11(2)17(22)13-7-5-8-14(10-13)19-18-20-15-9-4-6-12(3)16(15)21-18/h4-11H,1-3H3,(H2,19,20,21). The summed E-state index contributed by atoms with van der Waals surface area (Å²) in [6.45, 7) is 5.85. The van der Waals surface area contributed by atoms with Crippen molar-refractivity contribution in [2.24, 2.45) is 5.92 Å². The summed E-state index contributed by atoms with van der Waals surface area (Å²) >= 11 is 0. The second-order valence-corrected chi connectivity index (χ2v) is 5.78. The number of aromatic nitrogens is 2. The Labute approximate surface area is 129 Å². The second-order valence-electron chi connectivity index (χ2n) is 5.78. The van der Waals surface area contributed by atoms with Gasteiger partial charge in [-0.3, -0.25) is 4.79 Å². The minimum absolute atomic E-state index is 0.0101. The molecule has 0 aliphatic heterocycles. The molecule has 0 bridgehead atoms. The second kappa shape index (κ2) is 5.64. The van der Waals surface area contributed by atoms with Gasteiger partial charge in [-0.25, -0.2) is 4.98 Å². The van der Waals surface area contributed by atoms with Gasteiger partial charge in [-0.05, 0) is 30.7 Å². The number of para-hydroxylation sites is 1. The van der Waals surface area contributed by atoms with Crippen LogP contribution in [0.5, 0.6) is 0 Å². The van der Waals surface area contributed by atoms with Crippen LogP contribution in [0.4, 0.5) is 11.6 Å². The highest BCUT2D eigenvalue weighted by molar-refractivity contribution is 5.98. The van der Waals surface area contributed by atoms with Crippen LogP contribution in [0.3, 0.4) is 0 Å². The molecule has 0 fully saturated rings. The Morgan fingerprint density at radius 1 is 1.18 bits per heavy atom. The van der Waals surface area contributed by atoms with Gasteiger partial charge in [0.2, 0.25) is 5.95 Å². The molecule has 4 heteroatoms. The smallest absolute Gasteiger partial charge is 0.205 e. The van der Waals surface area contributed by atoms with E-state index in [0.717, 1.165) is 22.3 Å². The van der Waals surface area contributed by atoms with E-state index < -0.39 is 0 Å². The van der Waals surface area contributed by atoms with Crippen LogP contribution in [-0.4, -0.2) is 15.8 Å². The fraction of sp³-hybridized carbons (Fsp3) is 0.222. The van der Waals surface area contributed by atoms with Gasteiger partial charge in [0.1, 0.15) is 0 Å². The van der Waals surface area contributed by atoms with Crippen molar-refractivity contribution in [1.82, 2.24) is 9.97 Å². The molecule has 112 valence electrons. The predicted octanol–water partition coefficient (Wildman–Crippen LogP) is 4.45. The van der Waals surface area contributed by atoms with E-state index in [9.17, 15) is 4.79 Å². The normalized spacial score (nSPS) is 11.1. The number of aryl methyl sites for hydroxylation is 1. The molecule has 0 unspecified atom stereocenters. The molecule has 3 rings (SSSR count). The van der Waals surface area contributed by atoms with E-state index in [1.807, 2.05) is 63.2 Å². The molecule has 0 saturated carbocycles. The Morgan fingerprint density at radius 3 is 2.68 bits per heavy atom. The van der Waals surface area contributed by atoms with Gasteiger partial charge >= 0.3 is 0 Å². The summed E-state index contributed by atoms with van der Waals surface area (Å²) in [5, 5.41) is 3.24. The fourth-order valence-electron chi connectivity index (χ4n) is 2.46. The lowest BCUT2D eigenvalue weighted by atomic mass is 10.0. The first kappa shape index (κ1) is 14.3. The Morgan fingerprint density at radius 2 is 1.95 bits per heavy atom. The number of rotatable bonds is 4. The fourth-order valence-corrected chi connectivity index (χ4v) is 2.46. The summed E-state index contributed by atoms with van der Waals surface area (Å²) in [7, 11) is 0. The number of aromatic amines is 1. The molecule has 0 saturated heterocycles. The largest absolute Gasteiger partial charge is 0.326 e. The molecule has 22 heavy (non-hydrogen) atoms.